The number of rotatable bonds is 7. The van der Waals surface area contributed by atoms with Crippen LogP contribution in [0.15, 0.2) is 92.3 Å². The van der Waals surface area contributed by atoms with Gasteiger partial charge in [-0.25, -0.2) is 9.79 Å². The van der Waals surface area contributed by atoms with E-state index in [1.807, 2.05) is 0 Å². The number of halogens is 5. The van der Waals surface area contributed by atoms with Crippen molar-refractivity contribution >= 4 is 50.9 Å². The topological polar surface area (TPSA) is 93.7 Å². The van der Waals surface area contributed by atoms with E-state index in [1.54, 1.807) is 42.5 Å². The number of thiazole rings is 1. The number of carbonyl (C=O) groups excluding carboxylic acids is 1. The number of hydrogen-bond donors (Lipinski definition) is 0. The zero-order valence-electron chi connectivity index (χ0n) is 22.7. The maximum Gasteiger partial charge on any atom is 0.434 e. The molecule has 0 bridgehead atoms. The summed E-state index contributed by atoms with van der Waals surface area (Å²) in [5, 5.41) is 9.35. The highest BCUT2D eigenvalue weighted by Gasteiger charge is 2.45. The molecule has 13 heteroatoms. The number of aromatic nitrogens is 1. The van der Waals surface area contributed by atoms with E-state index < -0.39 is 35.0 Å². The van der Waals surface area contributed by atoms with Crippen LogP contribution < -0.4 is 19.6 Å². The fraction of sp³-hybridized carbons (Fsp3) is 0.161. The molecule has 0 saturated carbocycles. The molecule has 0 N–H and O–H groups in total. The molecular formula is C31H20BrClF3N3O4S. The summed E-state index contributed by atoms with van der Waals surface area (Å²) >= 11 is 10.2. The molecule has 4 aromatic rings. The first kappa shape index (κ1) is 31.3. The lowest BCUT2D eigenvalue weighted by Crippen LogP contribution is -2.41. The minimum absolute atomic E-state index is 0.0654. The predicted octanol–water partition coefficient (Wildman–Crippen LogP) is 6.21. The summed E-state index contributed by atoms with van der Waals surface area (Å²) in [5.41, 5.74) is -0.893. The van der Waals surface area contributed by atoms with Crippen molar-refractivity contribution in [1.29, 1.82) is 5.26 Å². The Morgan fingerprint density at radius 2 is 1.86 bits per heavy atom. The van der Waals surface area contributed by atoms with Gasteiger partial charge in [-0.05, 0) is 66.6 Å². The lowest BCUT2D eigenvalue weighted by Gasteiger charge is -2.26. The van der Waals surface area contributed by atoms with E-state index in [0.29, 0.717) is 26.4 Å². The van der Waals surface area contributed by atoms with Gasteiger partial charge in [-0.15, -0.1) is 0 Å². The predicted molar refractivity (Wildman–Crippen MR) is 162 cm³/mol. The van der Waals surface area contributed by atoms with Crippen molar-refractivity contribution in [3.05, 3.63) is 129 Å². The molecule has 0 aliphatic carbocycles. The highest BCUT2D eigenvalue weighted by molar-refractivity contribution is 9.10. The van der Waals surface area contributed by atoms with Crippen molar-refractivity contribution in [3.8, 4) is 11.8 Å². The van der Waals surface area contributed by atoms with E-state index in [-0.39, 0.29) is 28.1 Å². The highest BCUT2D eigenvalue weighted by Crippen LogP contribution is 2.38. The SMILES string of the molecule is CCOC(=O)C1=C(C(F)(F)F)N=c2s/c(=C\c3cc(Br)ccc3OCc3ccc(C#N)cc3)c(=O)n2[C@H]1c1ccc(Cl)cc1. The van der Waals surface area contributed by atoms with Crippen molar-refractivity contribution in [2.24, 2.45) is 4.99 Å². The molecule has 3 aromatic carbocycles. The number of esters is 1. The van der Waals surface area contributed by atoms with Crippen LogP contribution in [0, 0.1) is 11.3 Å². The lowest BCUT2D eigenvalue weighted by molar-refractivity contribution is -0.140. The molecule has 0 spiro atoms. The third-order valence-corrected chi connectivity index (χ3v) is 8.24. The summed E-state index contributed by atoms with van der Waals surface area (Å²) in [7, 11) is 0. The molecule has 0 amide bonds. The molecule has 224 valence electrons. The van der Waals surface area contributed by atoms with Gasteiger partial charge in [0.1, 0.15) is 12.4 Å². The fourth-order valence-electron chi connectivity index (χ4n) is 4.54. The molecule has 44 heavy (non-hydrogen) atoms. The number of hydrogen-bond acceptors (Lipinski definition) is 7. The van der Waals surface area contributed by atoms with Crippen molar-refractivity contribution in [1.82, 2.24) is 4.57 Å². The molecule has 5 rings (SSSR count). The van der Waals surface area contributed by atoms with Crippen LogP contribution in [0.25, 0.3) is 6.08 Å². The molecule has 0 radical (unpaired) electrons. The Labute approximate surface area is 265 Å². The highest BCUT2D eigenvalue weighted by atomic mass is 79.9. The number of nitrogens with zero attached hydrogens (tertiary/aromatic N) is 3. The Balaban J connectivity index is 1.66. The fourth-order valence-corrected chi connectivity index (χ4v) is 6.04. The van der Waals surface area contributed by atoms with E-state index in [2.05, 4.69) is 27.0 Å². The minimum atomic E-state index is -5.02. The van der Waals surface area contributed by atoms with Crippen LogP contribution in [-0.4, -0.2) is 23.3 Å². The number of alkyl halides is 3. The molecule has 2 heterocycles. The summed E-state index contributed by atoms with van der Waals surface area (Å²) in [6, 6.07) is 18.4. The second-order valence-corrected chi connectivity index (χ2v) is 11.8. The summed E-state index contributed by atoms with van der Waals surface area (Å²) in [4.78, 5) is 30.5. The van der Waals surface area contributed by atoms with Gasteiger partial charge in [0.05, 0.1) is 34.4 Å². The maximum absolute atomic E-state index is 14.3. The van der Waals surface area contributed by atoms with E-state index in [9.17, 15) is 22.8 Å². The third kappa shape index (κ3) is 6.50. The average Bonchev–Trinajstić information content (AvgIpc) is 3.30. The Hall–Kier alpha value is -4.18. The minimum Gasteiger partial charge on any atom is -0.488 e. The van der Waals surface area contributed by atoms with Crippen LogP contribution in [0.3, 0.4) is 0 Å². The zero-order valence-corrected chi connectivity index (χ0v) is 25.9. The molecule has 0 saturated heterocycles. The van der Waals surface area contributed by atoms with Gasteiger partial charge in [-0.3, -0.25) is 9.36 Å². The smallest absolute Gasteiger partial charge is 0.434 e. The van der Waals surface area contributed by atoms with Gasteiger partial charge in [0.25, 0.3) is 5.56 Å². The standard InChI is InChI=1S/C31H20BrClF3N3O4S/c1-2-42-29(41)25-26(19-7-10-22(33)11-8-19)39-28(40)24(44-30(39)38-27(25)31(34,35)36)14-20-13-21(32)9-12-23(20)43-16-18-5-3-17(15-37)4-6-18/h3-14,26H,2,16H2,1H3/b24-14-/t26-/m0/s1. The van der Waals surface area contributed by atoms with Crippen molar-refractivity contribution < 1.29 is 27.4 Å². The van der Waals surface area contributed by atoms with Crippen molar-refractivity contribution in [2.45, 2.75) is 25.7 Å². The molecule has 1 aliphatic rings. The maximum atomic E-state index is 14.3. The lowest BCUT2D eigenvalue weighted by atomic mass is 9.95. The van der Waals surface area contributed by atoms with Crippen molar-refractivity contribution in [3.63, 3.8) is 0 Å². The van der Waals surface area contributed by atoms with Gasteiger partial charge in [0, 0.05) is 15.1 Å². The van der Waals surface area contributed by atoms with Gasteiger partial charge in [-0.2, -0.15) is 18.4 Å². The Bertz CT molecular complexity index is 2000. The first-order valence-corrected chi connectivity index (χ1v) is 15.0. The molecule has 1 aliphatic heterocycles. The van der Waals surface area contributed by atoms with E-state index >= 15 is 0 Å². The average molecular weight is 703 g/mol. The van der Waals surface area contributed by atoms with E-state index in [0.717, 1.165) is 21.5 Å². The number of carbonyl (C=O) groups is 1. The van der Waals surface area contributed by atoms with Crippen LogP contribution in [0.5, 0.6) is 5.75 Å². The number of benzene rings is 3. The van der Waals surface area contributed by atoms with Crippen LogP contribution in [0.4, 0.5) is 13.2 Å². The van der Waals surface area contributed by atoms with Gasteiger partial charge in [-0.1, -0.05) is 63.1 Å². The molecule has 1 atom stereocenters. The first-order chi connectivity index (χ1) is 21.0. The van der Waals surface area contributed by atoms with Gasteiger partial charge >= 0.3 is 12.1 Å². The Kier molecular flexibility index (Phi) is 9.10. The van der Waals surface area contributed by atoms with Crippen LogP contribution in [-0.2, 0) is 16.1 Å². The van der Waals surface area contributed by atoms with Gasteiger partial charge in [0.2, 0.25) is 0 Å². The quantitative estimate of drug-likeness (QED) is 0.214. The number of ether oxygens (including phenoxy) is 2. The Morgan fingerprint density at radius 1 is 1.16 bits per heavy atom. The summed E-state index contributed by atoms with van der Waals surface area (Å²) in [5.74, 6) is -0.830. The summed E-state index contributed by atoms with van der Waals surface area (Å²) in [6.45, 7) is 1.44. The normalized spacial score (nSPS) is 14.9. The van der Waals surface area contributed by atoms with E-state index in [1.165, 1.54) is 37.3 Å². The number of fused-ring (bicyclic) bond motifs is 1. The summed E-state index contributed by atoms with van der Waals surface area (Å²) in [6.07, 6.45) is -3.51. The van der Waals surface area contributed by atoms with Gasteiger partial charge in [0.15, 0.2) is 10.5 Å². The van der Waals surface area contributed by atoms with E-state index in [4.69, 9.17) is 26.3 Å². The van der Waals surface area contributed by atoms with Crippen LogP contribution >= 0.6 is 38.9 Å². The zero-order chi connectivity index (χ0) is 31.6. The first-order valence-electron chi connectivity index (χ1n) is 13.0. The van der Waals surface area contributed by atoms with Crippen molar-refractivity contribution in [2.75, 3.05) is 6.61 Å². The third-order valence-electron chi connectivity index (χ3n) is 6.52. The van der Waals surface area contributed by atoms with Crippen LogP contribution in [0.2, 0.25) is 5.02 Å². The molecular weight excluding hydrogens is 683 g/mol. The molecule has 1 aromatic heterocycles. The monoisotopic (exact) mass is 701 g/mol. The van der Waals surface area contributed by atoms with Crippen LogP contribution in [0.1, 0.15) is 35.2 Å². The second kappa shape index (κ2) is 12.8. The molecule has 0 fully saturated rings. The summed E-state index contributed by atoms with van der Waals surface area (Å²) < 4.78 is 55.9. The Morgan fingerprint density at radius 3 is 2.50 bits per heavy atom. The number of allylic oxidation sites excluding steroid dienone is 1. The molecule has 0 unspecified atom stereocenters. The van der Waals surface area contributed by atoms with Gasteiger partial charge < -0.3 is 9.47 Å². The number of nitriles is 1. The largest absolute Gasteiger partial charge is 0.488 e. The second-order valence-electron chi connectivity index (χ2n) is 9.39. The molecule has 7 nitrogen and oxygen atoms in total.